The molecule has 250 valence electrons. The predicted molar refractivity (Wildman–Crippen MR) is 188 cm³/mol. The summed E-state index contributed by atoms with van der Waals surface area (Å²) < 4.78 is 13.8. The third-order valence-corrected chi connectivity index (χ3v) is 13.6. The molecule has 3 aromatic rings. The van der Waals surface area contributed by atoms with Crippen LogP contribution in [0.25, 0.3) is 0 Å². The van der Waals surface area contributed by atoms with Crippen LogP contribution in [0.5, 0.6) is 23.0 Å². The third-order valence-electron chi connectivity index (χ3n) is 13.6. The molecule has 0 amide bonds. The van der Waals surface area contributed by atoms with Gasteiger partial charge in [-0.15, -0.1) is 0 Å². The van der Waals surface area contributed by atoms with E-state index in [0.29, 0.717) is 34.0 Å². The fourth-order valence-electron chi connectivity index (χ4n) is 12.4. The highest BCUT2D eigenvalue weighted by Gasteiger charge is 2.55. The van der Waals surface area contributed by atoms with Crippen LogP contribution in [0.1, 0.15) is 123 Å². The zero-order chi connectivity index (χ0) is 32.9. The normalized spacial score (nSPS) is 34.0. The molecule has 4 N–H and O–H groups in total. The maximum absolute atomic E-state index is 12.1. The molecule has 48 heavy (non-hydrogen) atoms. The van der Waals surface area contributed by atoms with Gasteiger partial charge in [0.25, 0.3) is 0 Å². The molecule has 8 saturated carbocycles. The van der Waals surface area contributed by atoms with Crippen LogP contribution < -0.4 is 20.9 Å². The monoisotopic (exact) mass is 644 g/mol. The predicted octanol–water partition coefficient (Wildman–Crippen LogP) is 9.78. The number of hydrogen-bond donors (Lipinski definition) is 2. The van der Waals surface area contributed by atoms with Crippen molar-refractivity contribution in [1.82, 2.24) is 0 Å². The number of ether oxygens (including phenoxy) is 2. The quantitative estimate of drug-likeness (QED) is 0.187. The molecule has 0 heterocycles. The molecule has 0 radical (unpaired) electrons. The van der Waals surface area contributed by atoms with Gasteiger partial charge in [0.15, 0.2) is 11.6 Å². The average Bonchev–Trinajstić information content (AvgIpc) is 3.01. The number of carbonyl (C=O) groups is 2. The Morgan fingerprint density at radius 3 is 1.15 bits per heavy atom. The van der Waals surface area contributed by atoms with E-state index in [1.165, 1.54) is 88.2 Å². The molecule has 0 unspecified atom stereocenters. The number of carbonyl (C=O) groups excluding carboxylic acids is 2. The average molecular weight is 645 g/mol. The van der Waals surface area contributed by atoms with Gasteiger partial charge in [-0.1, -0.05) is 0 Å². The van der Waals surface area contributed by atoms with Crippen molar-refractivity contribution in [1.29, 1.82) is 0 Å². The fourth-order valence-corrected chi connectivity index (χ4v) is 12.4. The van der Waals surface area contributed by atoms with E-state index in [9.17, 15) is 9.59 Å². The lowest BCUT2D eigenvalue weighted by molar-refractivity contribution is -0.00937. The minimum absolute atomic E-state index is 0.0218. The van der Waals surface area contributed by atoms with Gasteiger partial charge in [-0.05, 0) is 180 Å². The summed E-state index contributed by atoms with van der Waals surface area (Å²) >= 11 is 0. The van der Waals surface area contributed by atoms with Crippen LogP contribution in [0, 0.1) is 35.5 Å². The van der Waals surface area contributed by atoms with Gasteiger partial charge in [0.1, 0.15) is 23.0 Å². The molecule has 6 nitrogen and oxygen atoms in total. The first-order chi connectivity index (χ1) is 23.0. The maximum atomic E-state index is 12.1. The molecule has 0 aromatic heterocycles. The zero-order valence-electron chi connectivity index (χ0n) is 28.4. The highest BCUT2D eigenvalue weighted by Crippen LogP contribution is 2.66. The molecule has 8 aliphatic rings. The van der Waals surface area contributed by atoms with Crippen molar-refractivity contribution in [2.45, 2.75) is 102 Å². The van der Waals surface area contributed by atoms with E-state index >= 15 is 0 Å². The molecular weight excluding hydrogens is 596 g/mol. The summed E-state index contributed by atoms with van der Waals surface area (Å²) in [6.07, 6.45) is 15.5. The van der Waals surface area contributed by atoms with E-state index in [-0.39, 0.29) is 22.4 Å². The fraction of sp³-hybridized carbons (Fsp3) is 0.524. The SMILES string of the molecule is CC(=O)c1ccc(Oc2cc(Oc3ccc(C(C)=O)cc3N)c(C34CC5CC(CC(C5)C3)C4)cc2C23CC4CC(CC(C4)C2)C3)c(N)c1. The molecule has 0 atom stereocenters. The molecule has 11 rings (SSSR count). The molecule has 8 bridgehead atoms. The van der Waals surface area contributed by atoms with Crippen molar-refractivity contribution >= 4 is 22.9 Å². The van der Waals surface area contributed by atoms with Gasteiger partial charge in [0.2, 0.25) is 0 Å². The maximum Gasteiger partial charge on any atom is 0.159 e. The van der Waals surface area contributed by atoms with Gasteiger partial charge in [0, 0.05) is 28.3 Å². The molecule has 0 aliphatic heterocycles. The number of Topliss-reactive ketones (excluding diaryl/α,β-unsaturated/α-hetero) is 2. The molecule has 0 saturated heterocycles. The van der Waals surface area contributed by atoms with E-state index in [2.05, 4.69) is 12.1 Å². The lowest BCUT2D eigenvalue weighted by Gasteiger charge is -2.58. The summed E-state index contributed by atoms with van der Waals surface area (Å²) in [5.74, 6) is 7.37. The highest BCUT2D eigenvalue weighted by atomic mass is 16.5. The topological polar surface area (TPSA) is 105 Å². The van der Waals surface area contributed by atoms with E-state index in [0.717, 1.165) is 47.0 Å². The minimum atomic E-state index is -0.0218. The van der Waals surface area contributed by atoms with Gasteiger partial charge >= 0.3 is 0 Å². The summed E-state index contributed by atoms with van der Waals surface area (Å²) in [4.78, 5) is 24.3. The largest absolute Gasteiger partial charge is 0.455 e. The minimum Gasteiger partial charge on any atom is -0.455 e. The molecule has 8 aliphatic carbocycles. The lowest BCUT2D eigenvalue weighted by Crippen LogP contribution is -2.50. The summed E-state index contributed by atoms with van der Waals surface area (Å²) in [5, 5.41) is 0. The van der Waals surface area contributed by atoms with Crippen LogP contribution in [0.15, 0.2) is 48.5 Å². The first-order valence-electron chi connectivity index (χ1n) is 18.4. The van der Waals surface area contributed by atoms with Crippen molar-refractivity contribution in [3.8, 4) is 23.0 Å². The molecule has 3 aromatic carbocycles. The Bertz CT molecular complexity index is 1640. The van der Waals surface area contributed by atoms with Gasteiger partial charge in [-0.25, -0.2) is 0 Å². The number of anilines is 2. The Morgan fingerprint density at radius 2 is 0.854 bits per heavy atom. The van der Waals surface area contributed by atoms with Gasteiger partial charge < -0.3 is 20.9 Å². The second-order valence-electron chi connectivity index (χ2n) is 17.1. The molecule has 0 spiro atoms. The van der Waals surface area contributed by atoms with Gasteiger partial charge in [-0.2, -0.15) is 0 Å². The summed E-state index contributed by atoms with van der Waals surface area (Å²) in [7, 11) is 0. The number of ketones is 2. The Labute approximate surface area is 283 Å². The lowest BCUT2D eigenvalue weighted by atomic mass is 9.46. The summed E-state index contributed by atoms with van der Waals surface area (Å²) in [6, 6.07) is 15.4. The Hall–Kier alpha value is -3.80. The number of hydrogen-bond acceptors (Lipinski definition) is 6. The molecule has 8 fully saturated rings. The smallest absolute Gasteiger partial charge is 0.159 e. The van der Waals surface area contributed by atoms with E-state index in [1.807, 2.05) is 12.1 Å². The number of nitrogen functional groups attached to an aromatic ring is 2. The van der Waals surface area contributed by atoms with Crippen LogP contribution in [-0.2, 0) is 10.8 Å². The van der Waals surface area contributed by atoms with Crippen molar-refractivity contribution in [3.63, 3.8) is 0 Å². The number of benzene rings is 3. The van der Waals surface area contributed by atoms with Crippen molar-refractivity contribution in [2.24, 2.45) is 35.5 Å². The first kappa shape index (κ1) is 30.3. The standard InChI is InChI=1S/C42H48N2O4/c1-23(45)31-3-5-37(35(43)13-31)47-39-16-40(48-38-6-4-32(24(2)46)14-36(38)44)34(42-20-28-10-29(21-42)12-30(11-28)22-42)15-33(39)41-17-25-7-26(18-41)9-27(8-25)19-41/h3-6,13-16,25-30H,7-12,17-22,43-44H2,1-2H3. The number of rotatable bonds is 8. The van der Waals surface area contributed by atoms with Crippen LogP contribution in [0.4, 0.5) is 11.4 Å². The Balaban J connectivity index is 1.23. The number of nitrogens with two attached hydrogens (primary N) is 2. The van der Waals surface area contributed by atoms with Crippen LogP contribution in [0.3, 0.4) is 0 Å². The molecule has 6 heteroatoms. The molecular formula is C42H48N2O4. The van der Waals surface area contributed by atoms with Crippen LogP contribution >= 0.6 is 0 Å². The zero-order valence-corrected chi connectivity index (χ0v) is 28.4. The summed E-state index contributed by atoms with van der Waals surface area (Å²) in [5.41, 5.74) is 18.0. The second-order valence-corrected chi connectivity index (χ2v) is 17.1. The second kappa shape index (κ2) is 10.9. The first-order valence-corrected chi connectivity index (χ1v) is 18.4. The van der Waals surface area contributed by atoms with Crippen LogP contribution in [-0.4, -0.2) is 11.6 Å². The Kier molecular flexibility index (Phi) is 6.84. The van der Waals surface area contributed by atoms with Gasteiger partial charge in [0.05, 0.1) is 11.4 Å². The van der Waals surface area contributed by atoms with Crippen molar-refractivity contribution in [3.05, 3.63) is 70.8 Å². The summed E-state index contributed by atoms with van der Waals surface area (Å²) in [6.45, 7) is 3.11. The van der Waals surface area contributed by atoms with Crippen molar-refractivity contribution < 1.29 is 19.1 Å². The van der Waals surface area contributed by atoms with E-state index in [4.69, 9.17) is 20.9 Å². The third kappa shape index (κ3) is 4.96. The van der Waals surface area contributed by atoms with E-state index in [1.54, 1.807) is 38.1 Å². The van der Waals surface area contributed by atoms with Gasteiger partial charge in [-0.3, -0.25) is 9.59 Å². The van der Waals surface area contributed by atoms with Crippen molar-refractivity contribution in [2.75, 3.05) is 11.5 Å². The highest BCUT2D eigenvalue weighted by molar-refractivity contribution is 5.96. The van der Waals surface area contributed by atoms with Crippen LogP contribution in [0.2, 0.25) is 0 Å². The van der Waals surface area contributed by atoms with E-state index < -0.39 is 0 Å². The Morgan fingerprint density at radius 1 is 0.521 bits per heavy atom.